The smallest absolute Gasteiger partial charge is 0.273 e. The summed E-state index contributed by atoms with van der Waals surface area (Å²) < 4.78 is 6.65. The van der Waals surface area contributed by atoms with Gasteiger partial charge in [-0.25, -0.2) is 0 Å². The molecule has 138 valence electrons. The van der Waals surface area contributed by atoms with Crippen molar-refractivity contribution in [3.05, 3.63) is 58.6 Å². The van der Waals surface area contributed by atoms with Gasteiger partial charge >= 0.3 is 0 Å². The van der Waals surface area contributed by atoms with Gasteiger partial charge in [0.15, 0.2) is 11.5 Å². The van der Waals surface area contributed by atoms with Crippen LogP contribution in [0.1, 0.15) is 28.7 Å². The van der Waals surface area contributed by atoms with E-state index in [-0.39, 0.29) is 24.2 Å². The van der Waals surface area contributed by atoms with E-state index in [1.807, 2.05) is 25.3 Å². The van der Waals surface area contributed by atoms with E-state index in [9.17, 15) is 4.79 Å². The highest BCUT2D eigenvalue weighted by molar-refractivity contribution is 6.32. The molecule has 8 nitrogen and oxygen atoms in total. The van der Waals surface area contributed by atoms with Gasteiger partial charge in [-0.1, -0.05) is 22.8 Å². The molecule has 3 rings (SSSR count). The summed E-state index contributed by atoms with van der Waals surface area (Å²) in [6.45, 7) is 2.52. The highest BCUT2D eigenvalue weighted by Gasteiger charge is 2.15. The Bertz CT molecular complexity index is 1000. The van der Waals surface area contributed by atoms with Crippen LogP contribution < -0.4 is 11.1 Å². The van der Waals surface area contributed by atoms with Crippen LogP contribution in [0.5, 0.6) is 0 Å². The molecule has 2 heterocycles. The lowest BCUT2D eigenvalue weighted by atomic mass is 10.1. The molecule has 27 heavy (non-hydrogen) atoms. The molecular formula is C18H17ClN6O2. The molecule has 0 bridgehead atoms. The number of benzene rings is 1. The van der Waals surface area contributed by atoms with Crippen molar-refractivity contribution in [3.8, 4) is 17.3 Å². The van der Waals surface area contributed by atoms with E-state index >= 15 is 0 Å². The predicted molar refractivity (Wildman–Crippen MR) is 98.7 cm³/mol. The Hall–Kier alpha value is -3.15. The minimum atomic E-state index is -0.336. The maximum Gasteiger partial charge on any atom is 0.273 e. The number of rotatable bonds is 6. The second-order valence-electron chi connectivity index (χ2n) is 5.99. The summed E-state index contributed by atoms with van der Waals surface area (Å²) in [6.07, 6.45) is 1.81. The lowest BCUT2D eigenvalue weighted by molar-refractivity contribution is 0.0927. The van der Waals surface area contributed by atoms with Gasteiger partial charge in [0.05, 0.1) is 29.4 Å². The summed E-state index contributed by atoms with van der Waals surface area (Å²) in [5.41, 5.74) is 7.59. The molecule has 0 saturated heterocycles. The van der Waals surface area contributed by atoms with Crippen LogP contribution in [0.25, 0.3) is 11.3 Å². The summed E-state index contributed by atoms with van der Waals surface area (Å²) in [5.74, 6) is 0.114. The number of halogens is 1. The van der Waals surface area contributed by atoms with E-state index in [1.54, 1.807) is 22.9 Å². The zero-order chi connectivity index (χ0) is 19.4. The quantitative estimate of drug-likeness (QED) is 0.672. The van der Waals surface area contributed by atoms with Crippen LogP contribution in [0, 0.1) is 11.3 Å². The Balaban J connectivity index is 1.64. The van der Waals surface area contributed by atoms with Gasteiger partial charge in [-0.3, -0.25) is 9.48 Å². The molecule has 0 aliphatic heterocycles. The van der Waals surface area contributed by atoms with E-state index in [0.29, 0.717) is 22.9 Å². The lowest BCUT2D eigenvalue weighted by Crippen LogP contribution is -2.36. The zero-order valence-corrected chi connectivity index (χ0v) is 15.3. The van der Waals surface area contributed by atoms with Gasteiger partial charge in [0.1, 0.15) is 6.07 Å². The van der Waals surface area contributed by atoms with Crippen molar-refractivity contribution in [1.82, 2.24) is 20.3 Å². The molecule has 2 aromatic heterocycles. The third-order valence-corrected chi connectivity index (χ3v) is 4.17. The molecule has 0 radical (unpaired) electrons. The maximum absolute atomic E-state index is 12.2. The average molecular weight is 385 g/mol. The molecule has 0 aliphatic rings. The molecule has 0 saturated carbocycles. The van der Waals surface area contributed by atoms with Gasteiger partial charge in [-0.05, 0) is 25.1 Å². The monoisotopic (exact) mass is 384 g/mol. The summed E-state index contributed by atoms with van der Waals surface area (Å²) in [5, 5.41) is 20.3. The summed E-state index contributed by atoms with van der Waals surface area (Å²) in [7, 11) is 0. The summed E-state index contributed by atoms with van der Waals surface area (Å²) in [4.78, 5) is 12.2. The number of nitrogens with zero attached hydrogens (tertiary/aromatic N) is 4. The molecule has 0 aliphatic carbocycles. The molecule has 0 fully saturated rings. The van der Waals surface area contributed by atoms with Gasteiger partial charge < -0.3 is 15.6 Å². The number of nitrogens with one attached hydrogen (secondary N) is 1. The third kappa shape index (κ3) is 4.34. The first kappa shape index (κ1) is 18.6. The highest BCUT2D eigenvalue weighted by Crippen LogP contribution is 2.24. The molecular weight excluding hydrogens is 368 g/mol. The van der Waals surface area contributed by atoms with Crippen molar-refractivity contribution >= 4 is 17.5 Å². The predicted octanol–water partition coefficient (Wildman–Crippen LogP) is 2.34. The van der Waals surface area contributed by atoms with Gasteiger partial charge in [0, 0.05) is 23.9 Å². The molecule has 0 spiro atoms. The largest absolute Gasteiger partial charge is 0.359 e. The number of nitriles is 1. The molecule has 1 unspecified atom stereocenters. The van der Waals surface area contributed by atoms with Gasteiger partial charge in [0.25, 0.3) is 5.91 Å². The maximum atomic E-state index is 12.2. The van der Waals surface area contributed by atoms with Crippen LogP contribution >= 0.6 is 11.6 Å². The van der Waals surface area contributed by atoms with Crippen LogP contribution in [-0.2, 0) is 13.1 Å². The average Bonchev–Trinajstić information content (AvgIpc) is 3.30. The van der Waals surface area contributed by atoms with Crippen molar-refractivity contribution in [3.63, 3.8) is 0 Å². The number of hydrogen-bond acceptors (Lipinski definition) is 6. The van der Waals surface area contributed by atoms with E-state index in [0.717, 1.165) is 11.3 Å². The Morgan fingerprint density at radius 2 is 2.26 bits per heavy atom. The second-order valence-corrected chi connectivity index (χ2v) is 6.39. The first-order chi connectivity index (χ1) is 13.0. The topological polar surface area (TPSA) is 123 Å². The first-order valence-corrected chi connectivity index (χ1v) is 8.58. The number of nitrogens with two attached hydrogens (primary N) is 1. The van der Waals surface area contributed by atoms with Crippen LogP contribution in [0.4, 0.5) is 0 Å². The normalized spacial score (nSPS) is 11.8. The molecule has 1 atom stereocenters. The number of amides is 1. The molecule has 1 aromatic carbocycles. The first-order valence-electron chi connectivity index (χ1n) is 8.20. The van der Waals surface area contributed by atoms with Gasteiger partial charge in [-0.15, -0.1) is 0 Å². The zero-order valence-electron chi connectivity index (χ0n) is 14.5. The number of hydrogen-bond donors (Lipinski definition) is 2. The van der Waals surface area contributed by atoms with Gasteiger partial charge in [-0.2, -0.15) is 10.4 Å². The molecule has 3 N–H and O–H groups in total. The van der Waals surface area contributed by atoms with Crippen molar-refractivity contribution in [2.45, 2.75) is 26.1 Å². The van der Waals surface area contributed by atoms with Crippen LogP contribution in [0.15, 0.2) is 41.1 Å². The van der Waals surface area contributed by atoms with E-state index in [1.165, 1.54) is 6.07 Å². The minimum Gasteiger partial charge on any atom is -0.359 e. The Labute approximate surface area is 160 Å². The number of aromatic nitrogens is 3. The number of carbonyl (C=O) groups excluding carboxylic acids is 1. The van der Waals surface area contributed by atoms with Crippen molar-refractivity contribution in [1.29, 1.82) is 5.26 Å². The minimum absolute atomic E-state index is 0.186. The van der Waals surface area contributed by atoms with Crippen molar-refractivity contribution in [2.75, 3.05) is 0 Å². The van der Waals surface area contributed by atoms with E-state index < -0.39 is 0 Å². The molecule has 3 aromatic rings. The van der Waals surface area contributed by atoms with Gasteiger partial charge in [0.2, 0.25) is 0 Å². The Morgan fingerprint density at radius 3 is 2.93 bits per heavy atom. The highest BCUT2D eigenvalue weighted by atomic mass is 35.5. The Kier molecular flexibility index (Phi) is 5.54. The lowest BCUT2D eigenvalue weighted by Gasteiger charge is -2.12. The molecule has 1 amide bonds. The van der Waals surface area contributed by atoms with Crippen molar-refractivity contribution in [2.24, 2.45) is 5.73 Å². The fourth-order valence-corrected chi connectivity index (χ4v) is 2.75. The van der Waals surface area contributed by atoms with Crippen LogP contribution in [0.3, 0.4) is 0 Å². The molecule has 9 heteroatoms. The standard InChI is InChI=1S/C18H17ClN6O2/c1-11(22-18(26)17-7-14(9-21)27-24-17)10-25-5-4-16(23-25)12-2-3-13(8-20)15(19)6-12/h2-7,11H,9-10,21H2,1H3,(H,22,26). The van der Waals surface area contributed by atoms with E-state index in [4.69, 9.17) is 27.1 Å². The second kappa shape index (κ2) is 8.03. The van der Waals surface area contributed by atoms with Crippen LogP contribution in [0.2, 0.25) is 5.02 Å². The van der Waals surface area contributed by atoms with Crippen LogP contribution in [-0.4, -0.2) is 26.9 Å². The Morgan fingerprint density at radius 1 is 1.44 bits per heavy atom. The van der Waals surface area contributed by atoms with E-state index in [2.05, 4.69) is 15.6 Å². The third-order valence-electron chi connectivity index (χ3n) is 3.86. The van der Waals surface area contributed by atoms with Crippen molar-refractivity contribution < 1.29 is 9.32 Å². The number of carbonyl (C=O) groups is 1. The summed E-state index contributed by atoms with van der Waals surface area (Å²) >= 11 is 6.07. The summed E-state index contributed by atoms with van der Waals surface area (Å²) in [6, 6.07) is 10.4. The fourth-order valence-electron chi connectivity index (χ4n) is 2.52. The SMILES string of the molecule is CC(Cn1ccc(-c2ccc(C#N)c(Cl)c2)n1)NC(=O)c1cc(CN)on1. The fraction of sp³-hybridized carbons (Fsp3) is 0.222.